The number of aromatic nitrogens is 1. The third-order valence-electron chi connectivity index (χ3n) is 2.93. The summed E-state index contributed by atoms with van der Waals surface area (Å²) >= 11 is 0. The first-order valence-corrected chi connectivity index (χ1v) is 5.93. The molecule has 0 saturated carbocycles. The van der Waals surface area contributed by atoms with Gasteiger partial charge in [-0.05, 0) is 11.0 Å². The van der Waals surface area contributed by atoms with Gasteiger partial charge in [-0.1, -0.05) is 0 Å². The number of amides is 1. The van der Waals surface area contributed by atoms with Crippen LogP contribution >= 0.6 is 0 Å². The average Bonchev–Trinajstić information content (AvgIpc) is 2.87. The summed E-state index contributed by atoms with van der Waals surface area (Å²) < 4.78 is 5.26. The van der Waals surface area contributed by atoms with Crippen LogP contribution in [0.5, 0.6) is 0 Å². The zero-order valence-corrected chi connectivity index (χ0v) is 10.4. The lowest BCUT2D eigenvalue weighted by molar-refractivity contribution is -0.389. The minimum absolute atomic E-state index is 0.104. The molecule has 1 aliphatic rings. The van der Waals surface area contributed by atoms with Crippen LogP contribution in [0.2, 0.25) is 0 Å². The van der Waals surface area contributed by atoms with Crippen LogP contribution in [-0.2, 0) is 9.53 Å². The fraction of sp³-hybridized carbons (Fsp3) is 0.455. The molecule has 1 atom stereocenters. The normalized spacial score (nSPS) is 18.8. The van der Waals surface area contributed by atoms with Crippen LogP contribution < -0.4 is 0 Å². The van der Waals surface area contributed by atoms with Crippen molar-refractivity contribution in [1.29, 1.82) is 0 Å². The highest BCUT2D eigenvalue weighted by molar-refractivity contribution is 5.93. The highest BCUT2D eigenvalue weighted by atomic mass is 16.6. The number of nitrogens with zero attached hydrogens (tertiary/aromatic N) is 2. The summed E-state index contributed by atoms with van der Waals surface area (Å²) in [5.41, 5.74) is 0.104. The molecule has 0 radical (unpaired) electrons. The van der Waals surface area contributed by atoms with E-state index in [1.54, 1.807) is 0 Å². The molecule has 0 aromatic carbocycles. The fourth-order valence-corrected chi connectivity index (χ4v) is 2.01. The molecule has 1 aromatic rings. The summed E-state index contributed by atoms with van der Waals surface area (Å²) in [4.78, 5) is 36.5. The van der Waals surface area contributed by atoms with Crippen LogP contribution in [0.3, 0.4) is 0 Å². The van der Waals surface area contributed by atoms with Gasteiger partial charge in [-0.15, -0.1) is 0 Å². The maximum Gasteiger partial charge on any atom is 0.321 e. The molecule has 9 nitrogen and oxygen atoms in total. The summed E-state index contributed by atoms with van der Waals surface area (Å²) in [6.07, 6.45) is -0.746. The van der Waals surface area contributed by atoms with Gasteiger partial charge in [-0.3, -0.25) is 9.59 Å². The number of carboxylic acid groups (broad SMARTS) is 1. The summed E-state index contributed by atoms with van der Waals surface area (Å²) in [6.45, 7) is 0.714. The van der Waals surface area contributed by atoms with Crippen molar-refractivity contribution in [2.75, 3.05) is 19.7 Å². The van der Waals surface area contributed by atoms with Crippen molar-refractivity contribution in [1.82, 2.24) is 9.88 Å². The van der Waals surface area contributed by atoms with Gasteiger partial charge in [0.25, 0.3) is 5.91 Å². The number of carbonyl (C=O) groups is 2. The zero-order chi connectivity index (χ0) is 14.7. The van der Waals surface area contributed by atoms with Crippen LogP contribution in [0.15, 0.2) is 12.1 Å². The number of rotatable bonds is 4. The lowest BCUT2D eigenvalue weighted by Crippen LogP contribution is -2.46. The Morgan fingerprint density at radius 1 is 1.55 bits per heavy atom. The van der Waals surface area contributed by atoms with Gasteiger partial charge in [-0.2, -0.15) is 0 Å². The number of aromatic amines is 1. The topological polar surface area (TPSA) is 126 Å². The number of carbonyl (C=O) groups excluding carboxylic acids is 1. The standard InChI is InChI=1S/C11H13N3O6/c15-10(16)5-7-6-13(3-4-20-7)11(17)8-1-2-9(12-8)14(18)19/h1-2,7,12H,3-6H2,(H,15,16). The number of nitro groups is 1. The quantitative estimate of drug-likeness (QED) is 0.602. The summed E-state index contributed by atoms with van der Waals surface area (Å²) in [7, 11) is 0. The monoisotopic (exact) mass is 283 g/mol. The van der Waals surface area contributed by atoms with Crippen molar-refractivity contribution in [3.05, 3.63) is 27.9 Å². The van der Waals surface area contributed by atoms with E-state index in [9.17, 15) is 19.7 Å². The smallest absolute Gasteiger partial charge is 0.321 e. The van der Waals surface area contributed by atoms with Crippen LogP contribution in [0.4, 0.5) is 5.82 Å². The molecule has 1 amide bonds. The van der Waals surface area contributed by atoms with E-state index < -0.39 is 22.9 Å². The number of H-pyrrole nitrogens is 1. The Bertz CT molecular complexity index is 540. The third-order valence-corrected chi connectivity index (χ3v) is 2.93. The second-order valence-electron chi connectivity index (χ2n) is 4.36. The van der Waals surface area contributed by atoms with Crippen LogP contribution in [0.25, 0.3) is 0 Å². The molecule has 2 N–H and O–H groups in total. The molecule has 2 rings (SSSR count). The number of aliphatic carboxylic acids is 1. The molecule has 1 aliphatic heterocycles. The number of ether oxygens (including phenoxy) is 1. The first-order valence-electron chi connectivity index (χ1n) is 5.93. The van der Waals surface area contributed by atoms with E-state index in [-0.39, 0.29) is 31.1 Å². The van der Waals surface area contributed by atoms with E-state index in [2.05, 4.69) is 4.98 Å². The van der Waals surface area contributed by atoms with E-state index in [0.717, 1.165) is 0 Å². The van der Waals surface area contributed by atoms with E-state index >= 15 is 0 Å². The Labute approximate surface area is 113 Å². The predicted octanol–water partition coefficient (Wildman–Crippen LogP) is 0.239. The fourth-order valence-electron chi connectivity index (χ4n) is 2.01. The second-order valence-corrected chi connectivity index (χ2v) is 4.36. The first-order chi connectivity index (χ1) is 9.47. The van der Waals surface area contributed by atoms with Crippen LogP contribution in [0, 0.1) is 10.1 Å². The minimum Gasteiger partial charge on any atom is -0.481 e. The van der Waals surface area contributed by atoms with Crippen molar-refractivity contribution in [3.8, 4) is 0 Å². The molecule has 1 aromatic heterocycles. The van der Waals surface area contributed by atoms with Gasteiger partial charge in [0.15, 0.2) is 5.69 Å². The first kappa shape index (κ1) is 14.0. The Morgan fingerprint density at radius 2 is 2.30 bits per heavy atom. The van der Waals surface area contributed by atoms with E-state index in [1.807, 2.05) is 0 Å². The van der Waals surface area contributed by atoms with Crippen molar-refractivity contribution < 1.29 is 24.4 Å². The van der Waals surface area contributed by atoms with E-state index in [4.69, 9.17) is 9.84 Å². The van der Waals surface area contributed by atoms with Crippen molar-refractivity contribution >= 4 is 17.7 Å². The van der Waals surface area contributed by atoms with Gasteiger partial charge in [0.2, 0.25) is 0 Å². The van der Waals surface area contributed by atoms with Crippen molar-refractivity contribution in [2.24, 2.45) is 0 Å². The molecular weight excluding hydrogens is 270 g/mol. The second kappa shape index (κ2) is 5.70. The third kappa shape index (κ3) is 3.12. The lowest BCUT2D eigenvalue weighted by atomic mass is 10.2. The average molecular weight is 283 g/mol. The largest absolute Gasteiger partial charge is 0.481 e. The Morgan fingerprint density at radius 3 is 2.90 bits per heavy atom. The highest BCUT2D eigenvalue weighted by Gasteiger charge is 2.28. The predicted molar refractivity (Wildman–Crippen MR) is 65.3 cm³/mol. The molecule has 0 bridgehead atoms. The summed E-state index contributed by atoms with van der Waals surface area (Å²) in [6, 6.07) is 2.55. The zero-order valence-electron chi connectivity index (χ0n) is 10.4. The maximum absolute atomic E-state index is 12.1. The molecule has 1 saturated heterocycles. The maximum atomic E-state index is 12.1. The number of hydrogen-bond acceptors (Lipinski definition) is 5. The Hall–Kier alpha value is -2.42. The molecule has 0 aliphatic carbocycles. The number of carboxylic acids is 1. The van der Waals surface area contributed by atoms with Gasteiger partial charge in [-0.25, -0.2) is 4.98 Å². The molecular formula is C11H13N3O6. The molecule has 108 valence electrons. The Kier molecular flexibility index (Phi) is 3.99. The van der Waals surface area contributed by atoms with Gasteiger partial charge in [0, 0.05) is 19.2 Å². The number of morpholine rings is 1. The van der Waals surface area contributed by atoms with Crippen molar-refractivity contribution in [2.45, 2.75) is 12.5 Å². The molecule has 2 heterocycles. The lowest BCUT2D eigenvalue weighted by Gasteiger charge is -2.31. The SMILES string of the molecule is O=C(O)CC1CN(C(=O)c2ccc([N+](=O)[O-])[nH]2)CCO1. The van der Waals surface area contributed by atoms with Crippen molar-refractivity contribution in [3.63, 3.8) is 0 Å². The van der Waals surface area contributed by atoms with E-state index in [0.29, 0.717) is 6.54 Å². The van der Waals surface area contributed by atoms with Gasteiger partial charge in [0.05, 0.1) is 19.1 Å². The van der Waals surface area contributed by atoms with Gasteiger partial charge in [0.1, 0.15) is 0 Å². The van der Waals surface area contributed by atoms with Gasteiger partial charge < -0.3 is 24.9 Å². The van der Waals surface area contributed by atoms with Crippen LogP contribution in [0.1, 0.15) is 16.9 Å². The highest BCUT2D eigenvalue weighted by Crippen LogP contribution is 2.15. The molecule has 1 fully saturated rings. The number of hydrogen-bond donors (Lipinski definition) is 2. The van der Waals surface area contributed by atoms with E-state index in [1.165, 1.54) is 17.0 Å². The molecule has 9 heteroatoms. The summed E-state index contributed by atoms with van der Waals surface area (Å²) in [5.74, 6) is -1.67. The summed E-state index contributed by atoms with van der Waals surface area (Å²) in [5, 5.41) is 19.3. The van der Waals surface area contributed by atoms with Crippen LogP contribution in [-0.4, -0.2) is 57.6 Å². The molecule has 20 heavy (non-hydrogen) atoms. The Balaban J connectivity index is 2.04. The molecule has 0 spiro atoms. The number of nitrogens with one attached hydrogen (secondary N) is 1. The minimum atomic E-state index is -1.00. The van der Waals surface area contributed by atoms with Gasteiger partial charge >= 0.3 is 11.8 Å². The molecule has 1 unspecified atom stereocenters.